The molecule has 18 heavy (non-hydrogen) atoms. The van der Waals surface area contributed by atoms with Crippen molar-refractivity contribution in [3.05, 3.63) is 35.9 Å². The number of rotatable bonds is 4. The highest BCUT2D eigenvalue weighted by molar-refractivity contribution is 5.49. The number of hydrogen-bond donors (Lipinski definition) is 2. The van der Waals surface area contributed by atoms with Crippen LogP contribution in [0.1, 0.15) is 11.1 Å². The van der Waals surface area contributed by atoms with Crippen LogP contribution in [0.3, 0.4) is 0 Å². The third-order valence-electron chi connectivity index (χ3n) is 2.48. The molecule has 0 spiro atoms. The fraction of sp³-hybridized carbons (Fsp3) is 0.250. The number of nitrogens with zero attached hydrogens (tertiary/aromatic N) is 3. The number of methoxy groups -OCH3 is 1. The van der Waals surface area contributed by atoms with E-state index in [-0.39, 0.29) is 0 Å². The number of aryl methyl sites for hydroxylation is 1. The average molecular weight is 245 g/mol. The maximum atomic E-state index is 5.80. The van der Waals surface area contributed by atoms with E-state index < -0.39 is 0 Å². The Morgan fingerprint density at radius 1 is 1.33 bits per heavy atom. The van der Waals surface area contributed by atoms with Crippen LogP contribution in [0, 0.1) is 6.92 Å². The molecule has 0 aliphatic rings. The molecule has 0 radical (unpaired) electrons. The lowest BCUT2D eigenvalue weighted by atomic mass is 10.2. The van der Waals surface area contributed by atoms with Gasteiger partial charge in [-0.05, 0) is 18.6 Å². The highest BCUT2D eigenvalue weighted by Gasteiger charge is 2.09. The molecule has 0 aliphatic carbocycles. The van der Waals surface area contributed by atoms with Gasteiger partial charge in [-0.2, -0.15) is 0 Å². The van der Waals surface area contributed by atoms with Crippen LogP contribution in [0.5, 0.6) is 5.88 Å². The molecule has 0 saturated carbocycles. The van der Waals surface area contributed by atoms with Crippen molar-refractivity contribution in [3.8, 4) is 5.88 Å². The van der Waals surface area contributed by atoms with Crippen molar-refractivity contribution in [1.82, 2.24) is 15.0 Å². The maximum Gasteiger partial charge on any atom is 0.223 e. The van der Waals surface area contributed by atoms with Gasteiger partial charge in [0, 0.05) is 18.9 Å². The first kappa shape index (κ1) is 12.1. The van der Waals surface area contributed by atoms with E-state index in [9.17, 15) is 0 Å². The van der Waals surface area contributed by atoms with Gasteiger partial charge in [-0.3, -0.25) is 4.98 Å². The molecule has 3 N–H and O–H groups in total. The predicted molar refractivity (Wildman–Crippen MR) is 69.3 cm³/mol. The molecule has 0 unspecified atom stereocenters. The number of pyridine rings is 1. The molecule has 2 aromatic heterocycles. The topological polar surface area (TPSA) is 86.0 Å². The van der Waals surface area contributed by atoms with Gasteiger partial charge in [-0.1, -0.05) is 0 Å². The fourth-order valence-corrected chi connectivity index (χ4v) is 1.59. The quantitative estimate of drug-likeness (QED) is 0.846. The van der Waals surface area contributed by atoms with Crippen molar-refractivity contribution in [3.63, 3.8) is 0 Å². The number of hydrogen-bond acceptors (Lipinski definition) is 6. The lowest BCUT2D eigenvalue weighted by Gasteiger charge is -2.11. The van der Waals surface area contributed by atoms with E-state index in [2.05, 4.69) is 20.3 Å². The highest BCUT2D eigenvalue weighted by Crippen LogP contribution is 2.20. The van der Waals surface area contributed by atoms with Crippen molar-refractivity contribution >= 4 is 11.5 Å². The van der Waals surface area contributed by atoms with Crippen LogP contribution in [0.15, 0.2) is 24.8 Å². The second kappa shape index (κ2) is 5.31. The summed E-state index contributed by atoms with van der Waals surface area (Å²) in [6.45, 7) is 2.47. The zero-order valence-electron chi connectivity index (χ0n) is 10.3. The molecular formula is C12H15N5O. The molecular weight excluding hydrogens is 230 g/mol. The number of nitrogens with one attached hydrogen (secondary N) is 1. The van der Waals surface area contributed by atoms with Gasteiger partial charge in [-0.15, -0.1) is 0 Å². The van der Waals surface area contributed by atoms with Gasteiger partial charge < -0.3 is 15.8 Å². The molecule has 0 amide bonds. The summed E-state index contributed by atoms with van der Waals surface area (Å²) < 4.78 is 5.15. The van der Waals surface area contributed by atoms with E-state index in [4.69, 9.17) is 10.5 Å². The third-order valence-corrected chi connectivity index (χ3v) is 2.48. The lowest BCUT2D eigenvalue weighted by Crippen LogP contribution is -2.08. The zero-order chi connectivity index (χ0) is 13.0. The summed E-state index contributed by atoms with van der Waals surface area (Å²) in [5, 5.41) is 3.21. The van der Waals surface area contributed by atoms with Crippen molar-refractivity contribution in [2.24, 2.45) is 0 Å². The molecule has 0 aliphatic heterocycles. The first-order valence-electron chi connectivity index (χ1n) is 5.49. The Labute approximate surface area is 105 Å². The molecule has 0 fully saturated rings. The van der Waals surface area contributed by atoms with Crippen LogP contribution >= 0.6 is 0 Å². The highest BCUT2D eigenvalue weighted by atomic mass is 16.5. The minimum Gasteiger partial charge on any atom is -0.481 e. The molecule has 0 saturated heterocycles. The fourth-order valence-electron chi connectivity index (χ4n) is 1.59. The monoisotopic (exact) mass is 245 g/mol. The number of nitrogens with two attached hydrogens (primary N) is 1. The molecule has 6 nitrogen and oxygen atoms in total. The van der Waals surface area contributed by atoms with Gasteiger partial charge in [0.1, 0.15) is 12.1 Å². The average Bonchev–Trinajstić information content (AvgIpc) is 2.37. The first-order chi connectivity index (χ1) is 8.70. The molecule has 2 aromatic rings. The minimum absolute atomic E-state index is 0.412. The van der Waals surface area contributed by atoms with E-state index >= 15 is 0 Å². The lowest BCUT2D eigenvalue weighted by molar-refractivity contribution is 0.392. The minimum atomic E-state index is 0.412. The van der Waals surface area contributed by atoms with Crippen molar-refractivity contribution in [2.45, 2.75) is 13.5 Å². The third kappa shape index (κ3) is 2.65. The van der Waals surface area contributed by atoms with E-state index in [0.717, 1.165) is 16.8 Å². The number of ether oxygens (including phenoxy) is 1. The molecule has 0 aromatic carbocycles. The van der Waals surface area contributed by atoms with Crippen LogP contribution in [-0.2, 0) is 6.54 Å². The first-order valence-corrected chi connectivity index (χ1v) is 5.49. The molecule has 0 atom stereocenters. The van der Waals surface area contributed by atoms with Gasteiger partial charge in [0.15, 0.2) is 0 Å². The van der Waals surface area contributed by atoms with E-state index in [1.54, 1.807) is 19.5 Å². The van der Waals surface area contributed by atoms with Gasteiger partial charge in [-0.25, -0.2) is 9.97 Å². The van der Waals surface area contributed by atoms with Gasteiger partial charge >= 0.3 is 0 Å². The normalized spacial score (nSPS) is 10.1. The zero-order valence-corrected chi connectivity index (χ0v) is 10.3. The maximum absolute atomic E-state index is 5.80. The molecule has 0 bridgehead atoms. The van der Waals surface area contributed by atoms with E-state index in [0.29, 0.717) is 18.2 Å². The van der Waals surface area contributed by atoms with Crippen molar-refractivity contribution in [1.29, 1.82) is 0 Å². The number of aromatic nitrogens is 3. The Hall–Kier alpha value is -2.37. The van der Waals surface area contributed by atoms with Crippen molar-refractivity contribution in [2.75, 3.05) is 18.2 Å². The van der Waals surface area contributed by atoms with Crippen LogP contribution in [0.2, 0.25) is 0 Å². The Morgan fingerprint density at radius 3 is 2.89 bits per heavy atom. The summed E-state index contributed by atoms with van der Waals surface area (Å²) in [6.07, 6.45) is 4.93. The largest absolute Gasteiger partial charge is 0.481 e. The summed E-state index contributed by atoms with van der Waals surface area (Å²) >= 11 is 0. The summed E-state index contributed by atoms with van der Waals surface area (Å²) in [6, 6.07) is 2.00. The molecule has 2 heterocycles. The summed E-state index contributed by atoms with van der Waals surface area (Å²) in [7, 11) is 1.56. The standard InChI is InChI=1S/C12H15N5O/c1-8-3-9(5-14-4-8)15-6-10-11(13)16-7-17-12(10)18-2/h3-5,7,15H,6H2,1-2H3,(H2,13,16,17). The Bertz CT molecular complexity index is 544. The summed E-state index contributed by atoms with van der Waals surface area (Å²) in [4.78, 5) is 12.1. The Balaban J connectivity index is 2.15. The van der Waals surface area contributed by atoms with Gasteiger partial charge in [0.25, 0.3) is 0 Å². The summed E-state index contributed by atoms with van der Waals surface area (Å²) in [5.74, 6) is 0.894. The second-order valence-corrected chi connectivity index (χ2v) is 3.85. The van der Waals surface area contributed by atoms with Crippen LogP contribution in [0.4, 0.5) is 11.5 Å². The molecule has 6 heteroatoms. The SMILES string of the molecule is COc1ncnc(N)c1CNc1cncc(C)c1. The van der Waals surface area contributed by atoms with Crippen LogP contribution < -0.4 is 15.8 Å². The van der Waals surface area contributed by atoms with Crippen LogP contribution in [-0.4, -0.2) is 22.1 Å². The Morgan fingerprint density at radius 2 is 2.17 bits per heavy atom. The Kier molecular flexibility index (Phi) is 3.57. The van der Waals surface area contributed by atoms with Crippen LogP contribution in [0.25, 0.3) is 0 Å². The smallest absolute Gasteiger partial charge is 0.223 e. The summed E-state index contributed by atoms with van der Waals surface area (Å²) in [5.41, 5.74) is 8.55. The van der Waals surface area contributed by atoms with E-state index in [1.807, 2.05) is 13.0 Å². The van der Waals surface area contributed by atoms with E-state index in [1.165, 1.54) is 6.33 Å². The van der Waals surface area contributed by atoms with Gasteiger partial charge in [0.05, 0.1) is 18.4 Å². The predicted octanol–water partition coefficient (Wildman–Crippen LogP) is 1.38. The van der Waals surface area contributed by atoms with Gasteiger partial charge in [0.2, 0.25) is 5.88 Å². The number of anilines is 2. The second-order valence-electron chi connectivity index (χ2n) is 3.85. The molecule has 94 valence electrons. The number of nitrogen functional groups attached to an aromatic ring is 1. The van der Waals surface area contributed by atoms with Crippen molar-refractivity contribution < 1.29 is 4.74 Å². The molecule has 2 rings (SSSR count).